The van der Waals surface area contributed by atoms with Crippen LogP contribution >= 0.6 is 11.6 Å². The summed E-state index contributed by atoms with van der Waals surface area (Å²) in [4.78, 5) is 4.30. The highest BCUT2D eigenvalue weighted by Crippen LogP contribution is 2.21. The summed E-state index contributed by atoms with van der Waals surface area (Å²) >= 11 is 5.74. The van der Waals surface area contributed by atoms with Crippen molar-refractivity contribution in [2.45, 2.75) is 0 Å². The van der Waals surface area contributed by atoms with Crippen LogP contribution in [0.25, 0.3) is 5.69 Å². The third-order valence-electron chi connectivity index (χ3n) is 3.35. The van der Waals surface area contributed by atoms with E-state index in [1.165, 1.54) is 12.1 Å². The standard InChI is InChI=1S/C18H14ClFN2O/c1-23-16-5-3-15(4-6-16)22-9-8-13(12-22)11-21-14-2-7-18(20)17(19)10-14/h2-12H,1H3. The smallest absolute Gasteiger partial charge is 0.141 e. The Morgan fingerprint density at radius 3 is 2.61 bits per heavy atom. The third kappa shape index (κ3) is 3.60. The van der Waals surface area contributed by atoms with Gasteiger partial charge in [0, 0.05) is 29.9 Å². The molecule has 0 N–H and O–H groups in total. The van der Waals surface area contributed by atoms with E-state index < -0.39 is 5.82 Å². The van der Waals surface area contributed by atoms with E-state index in [1.807, 2.05) is 47.3 Å². The molecule has 0 unspecified atom stereocenters. The van der Waals surface area contributed by atoms with Gasteiger partial charge in [-0.25, -0.2) is 4.39 Å². The fourth-order valence-corrected chi connectivity index (χ4v) is 2.29. The summed E-state index contributed by atoms with van der Waals surface area (Å²) < 4.78 is 20.2. The van der Waals surface area contributed by atoms with Crippen molar-refractivity contribution in [2.75, 3.05) is 7.11 Å². The van der Waals surface area contributed by atoms with Crippen molar-refractivity contribution in [1.29, 1.82) is 0 Å². The molecule has 23 heavy (non-hydrogen) atoms. The van der Waals surface area contributed by atoms with Gasteiger partial charge < -0.3 is 9.30 Å². The second-order valence-electron chi connectivity index (χ2n) is 4.91. The normalized spacial score (nSPS) is 11.1. The molecule has 3 aromatic rings. The summed E-state index contributed by atoms with van der Waals surface area (Å²) in [7, 11) is 1.64. The Kier molecular flexibility index (Phi) is 4.44. The first kappa shape index (κ1) is 15.3. The van der Waals surface area contributed by atoms with Crippen LogP contribution < -0.4 is 4.74 Å². The number of halogens is 2. The highest BCUT2D eigenvalue weighted by molar-refractivity contribution is 6.31. The molecule has 0 bridgehead atoms. The first-order valence-electron chi connectivity index (χ1n) is 6.97. The predicted molar refractivity (Wildman–Crippen MR) is 91.0 cm³/mol. The van der Waals surface area contributed by atoms with E-state index >= 15 is 0 Å². The van der Waals surface area contributed by atoms with Gasteiger partial charge in [-0.3, -0.25) is 4.99 Å². The molecule has 0 amide bonds. The van der Waals surface area contributed by atoms with Gasteiger partial charge in [0.15, 0.2) is 0 Å². The molecule has 0 saturated heterocycles. The quantitative estimate of drug-likeness (QED) is 0.617. The van der Waals surface area contributed by atoms with Crippen LogP contribution in [0.15, 0.2) is 65.9 Å². The fraction of sp³-hybridized carbons (Fsp3) is 0.0556. The van der Waals surface area contributed by atoms with Crippen LogP contribution in [0.3, 0.4) is 0 Å². The first-order valence-corrected chi connectivity index (χ1v) is 7.35. The first-order chi connectivity index (χ1) is 11.2. The lowest BCUT2D eigenvalue weighted by Gasteiger charge is -2.04. The minimum Gasteiger partial charge on any atom is -0.497 e. The molecule has 1 heterocycles. The second kappa shape index (κ2) is 6.67. The fourth-order valence-electron chi connectivity index (χ4n) is 2.12. The van der Waals surface area contributed by atoms with Gasteiger partial charge in [0.05, 0.1) is 17.8 Å². The van der Waals surface area contributed by atoms with E-state index in [1.54, 1.807) is 19.4 Å². The Labute approximate surface area is 138 Å². The Balaban J connectivity index is 1.78. The summed E-state index contributed by atoms with van der Waals surface area (Å²) in [6.07, 6.45) is 5.61. The highest BCUT2D eigenvalue weighted by atomic mass is 35.5. The Morgan fingerprint density at radius 2 is 1.91 bits per heavy atom. The van der Waals surface area contributed by atoms with E-state index in [4.69, 9.17) is 16.3 Å². The van der Waals surface area contributed by atoms with Crippen LogP contribution in [0.1, 0.15) is 5.56 Å². The van der Waals surface area contributed by atoms with Crippen LogP contribution in [0, 0.1) is 5.82 Å². The predicted octanol–water partition coefficient (Wildman–Crippen LogP) is 5.03. The zero-order valence-electron chi connectivity index (χ0n) is 12.4. The monoisotopic (exact) mass is 328 g/mol. The molecule has 3 nitrogen and oxygen atoms in total. The maximum atomic E-state index is 13.1. The van der Waals surface area contributed by atoms with Gasteiger partial charge in [0.1, 0.15) is 11.6 Å². The van der Waals surface area contributed by atoms with Crippen molar-refractivity contribution >= 4 is 23.5 Å². The van der Waals surface area contributed by atoms with Gasteiger partial charge in [0.25, 0.3) is 0 Å². The molecule has 0 aliphatic rings. The van der Waals surface area contributed by atoms with Crippen molar-refractivity contribution in [1.82, 2.24) is 4.57 Å². The average molecular weight is 329 g/mol. The van der Waals surface area contributed by atoms with Crippen LogP contribution in [0.4, 0.5) is 10.1 Å². The number of aliphatic imine (C=N–C) groups is 1. The molecule has 0 saturated carbocycles. The number of hydrogen-bond donors (Lipinski definition) is 0. The molecule has 0 atom stereocenters. The summed E-state index contributed by atoms with van der Waals surface area (Å²) in [5.74, 6) is 0.368. The molecule has 0 radical (unpaired) electrons. The van der Waals surface area contributed by atoms with Gasteiger partial charge >= 0.3 is 0 Å². The van der Waals surface area contributed by atoms with Crippen molar-refractivity contribution in [3.63, 3.8) is 0 Å². The molecular weight excluding hydrogens is 315 g/mol. The Hall–Kier alpha value is -2.59. The maximum Gasteiger partial charge on any atom is 0.141 e. The SMILES string of the molecule is COc1ccc(-n2ccc(C=Nc3ccc(F)c(Cl)c3)c2)cc1. The van der Waals surface area contributed by atoms with E-state index in [0.29, 0.717) is 5.69 Å². The number of aromatic nitrogens is 1. The molecule has 116 valence electrons. The minimum atomic E-state index is -0.448. The molecular formula is C18H14ClFN2O. The molecule has 0 aliphatic carbocycles. The Bertz CT molecular complexity index is 840. The van der Waals surface area contributed by atoms with E-state index in [0.717, 1.165) is 17.0 Å². The molecule has 0 spiro atoms. The third-order valence-corrected chi connectivity index (χ3v) is 3.64. The van der Waals surface area contributed by atoms with Crippen LogP contribution in [-0.2, 0) is 0 Å². The molecule has 3 rings (SSSR count). The van der Waals surface area contributed by atoms with Crippen molar-refractivity contribution in [3.05, 3.63) is 77.3 Å². The number of ether oxygens (including phenoxy) is 1. The van der Waals surface area contributed by atoms with E-state index in [2.05, 4.69) is 4.99 Å². The van der Waals surface area contributed by atoms with Gasteiger partial charge in [-0.05, 0) is 48.5 Å². The van der Waals surface area contributed by atoms with Crippen molar-refractivity contribution in [2.24, 2.45) is 4.99 Å². The van der Waals surface area contributed by atoms with Gasteiger partial charge in [0.2, 0.25) is 0 Å². The lowest BCUT2D eigenvalue weighted by atomic mass is 10.3. The zero-order valence-corrected chi connectivity index (χ0v) is 13.2. The van der Waals surface area contributed by atoms with Gasteiger partial charge in [-0.15, -0.1) is 0 Å². The summed E-state index contributed by atoms with van der Waals surface area (Å²) in [6.45, 7) is 0. The number of nitrogens with zero attached hydrogens (tertiary/aromatic N) is 2. The van der Waals surface area contributed by atoms with Gasteiger partial charge in [-0.2, -0.15) is 0 Å². The minimum absolute atomic E-state index is 0.0652. The number of rotatable bonds is 4. The van der Waals surface area contributed by atoms with Gasteiger partial charge in [-0.1, -0.05) is 11.6 Å². The Morgan fingerprint density at radius 1 is 1.13 bits per heavy atom. The highest BCUT2D eigenvalue weighted by Gasteiger charge is 2.01. The lowest BCUT2D eigenvalue weighted by Crippen LogP contribution is -1.90. The summed E-state index contributed by atoms with van der Waals surface area (Å²) in [5.41, 5.74) is 2.56. The zero-order chi connectivity index (χ0) is 16.2. The molecule has 0 fully saturated rings. The number of methoxy groups -OCH3 is 1. The molecule has 0 aliphatic heterocycles. The van der Waals surface area contributed by atoms with Crippen LogP contribution in [0.5, 0.6) is 5.75 Å². The second-order valence-corrected chi connectivity index (χ2v) is 5.31. The van der Waals surface area contributed by atoms with Crippen molar-refractivity contribution in [3.8, 4) is 11.4 Å². The maximum absolute atomic E-state index is 13.1. The molecule has 1 aromatic heterocycles. The lowest BCUT2D eigenvalue weighted by molar-refractivity contribution is 0.415. The number of benzene rings is 2. The van der Waals surface area contributed by atoms with Crippen LogP contribution in [0.2, 0.25) is 5.02 Å². The topological polar surface area (TPSA) is 26.5 Å². The summed E-state index contributed by atoms with van der Waals surface area (Å²) in [5, 5.41) is 0.0652. The van der Waals surface area contributed by atoms with Crippen molar-refractivity contribution < 1.29 is 9.13 Å². The average Bonchev–Trinajstić information content (AvgIpc) is 3.05. The van der Waals surface area contributed by atoms with E-state index in [9.17, 15) is 4.39 Å². The molecule has 5 heteroatoms. The largest absolute Gasteiger partial charge is 0.497 e. The summed E-state index contributed by atoms with van der Waals surface area (Å²) in [6, 6.07) is 14.1. The van der Waals surface area contributed by atoms with E-state index in [-0.39, 0.29) is 5.02 Å². The number of hydrogen-bond acceptors (Lipinski definition) is 2. The van der Waals surface area contributed by atoms with Crippen LogP contribution in [-0.4, -0.2) is 17.9 Å². The molecule has 2 aromatic carbocycles.